The van der Waals surface area contributed by atoms with Crippen molar-refractivity contribution in [2.75, 3.05) is 0 Å². The van der Waals surface area contributed by atoms with E-state index in [-0.39, 0.29) is 21.2 Å². The Hall–Kier alpha value is -0.840. The van der Waals surface area contributed by atoms with Crippen LogP contribution >= 0.6 is 0 Å². The maximum absolute atomic E-state index is 10.0. The van der Waals surface area contributed by atoms with Gasteiger partial charge in [-0.1, -0.05) is 0 Å². The van der Waals surface area contributed by atoms with Crippen LogP contribution in [0.2, 0.25) is 0 Å². The van der Waals surface area contributed by atoms with E-state index in [9.17, 15) is 9.90 Å². The van der Waals surface area contributed by atoms with Crippen molar-refractivity contribution in [3.63, 3.8) is 0 Å². The van der Waals surface area contributed by atoms with Crippen molar-refractivity contribution >= 4 is 5.97 Å². The van der Waals surface area contributed by atoms with Gasteiger partial charge in [-0.2, -0.15) is 0 Å². The summed E-state index contributed by atoms with van der Waals surface area (Å²) in [6.07, 6.45) is 1.10. The zero-order valence-electron chi connectivity index (χ0n) is 6.24. The van der Waals surface area contributed by atoms with Crippen LogP contribution in [-0.4, -0.2) is 5.97 Å². The zero-order chi connectivity index (χ0) is 8.81. The second-order valence-corrected chi connectivity index (χ2v) is 4.60. The molecule has 0 bridgehead atoms. The van der Waals surface area contributed by atoms with Gasteiger partial charge in [0, 0.05) is 0 Å². The van der Waals surface area contributed by atoms with Gasteiger partial charge in [0.1, 0.15) is 0 Å². The Bertz CT molecular complexity index is 280. The summed E-state index contributed by atoms with van der Waals surface area (Å²) in [7, 11) is 0. The number of carbonyl (C=O) groups excluding carboxylic acids is 1. The van der Waals surface area contributed by atoms with Crippen LogP contribution in [0.3, 0.4) is 0 Å². The van der Waals surface area contributed by atoms with E-state index in [1.54, 1.807) is 4.08 Å². The van der Waals surface area contributed by atoms with Crippen molar-refractivity contribution in [1.82, 2.24) is 0 Å². The molecule has 0 atom stereocenters. The molecular formula is C9H7IO2-2. The Morgan fingerprint density at radius 1 is 1.33 bits per heavy atom. The summed E-state index contributed by atoms with van der Waals surface area (Å²) in [6.45, 7) is 0. The molecule has 0 saturated carbocycles. The van der Waals surface area contributed by atoms with Crippen LogP contribution in [0.4, 0.5) is 0 Å². The Morgan fingerprint density at radius 2 is 2.00 bits per heavy atom. The van der Waals surface area contributed by atoms with Gasteiger partial charge in [-0.25, -0.2) is 0 Å². The van der Waals surface area contributed by atoms with Gasteiger partial charge < -0.3 is 0 Å². The number of halogens is 1. The van der Waals surface area contributed by atoms with Crippen molar-refractivity contribution in [2.45, 2.75) is 0 Å². The third-order valence-corrected chi connectivity index (χ3v) is 3.28. The molecule has 0 aromatic heterocycles. The molecule has 0 N–H and O–H groups in total. The summed E-state index contributed by atoms with van der Waals surface area (Å²) in [4.78, 5) is 10.0. The molecule has 12 heavy (non-hydrogen) atoms. The number of benzene rings is 1. The molecule has 0 radical (unpaired) electrons. The summed E-state index contributed by atoms with van der Waals surface area (Å²) in [6, 6.07) is 9.82. The van der Waals surface area contributed by atoms with E-state index in [0.29, 0.717) is 0 Å². The number of aliphatic carboxylic acids is 1. The van der Waals surface area contributed by atoms with Crippen LogP contribution in [0.25, 0.3) is 0 Å². The molecule has 3 heteroatoms. The number of carboxylic acids is 1. The summed E-state index contributed by atoms with van der Waals surface area (Å²) >= 11 is -0.308. The van der Waals surface area contributed by atoms with E-state index < -0.39 is 5.97 Å². The number of hydrogen-bond acceptors (Lipinski definition) is 2. The molecule has 64 valence electrons. The topological polar surface area (TPSA) is 40.1 Å². The molecule has 0 fully saturated rings. The summed E-state index contributed by atoms with van der Waals surface area (Å²) in [5.41, 5.74) is 0. The van der Waals surface area contributed by atoms with E-state index in [1.807, 2.05) is 30.3 Å². The van der Waals surface area contributed by atoms with Gasteiger partial charge in [-0.15, -0.1) is 0 Å². The van der Waals surface area contributed by atoms with Crippen LogP contribution in [0, 0.1) is 3.57 Å². The number of hydrogen-bond donors (Lipinski definition) is 0. The molecule has 0 aliphatic heterocycles. The van der Waals surface area contributed by atoms with Crippen molar-refractivity contribution in [3.8, 4) is 0 Å². The molecule has 0 unspecified atom stereocenters. The van der Waals surface area contributed by atoms with Crippen molar-refractivity contribution in [1.29, 1.82) is 0 Å². The second-order valence-electron chi connectivity index (χ2n) is 2.02. The van der Waals surface area contributed by atoms with E-state index in [0.717, 1.165) is 6.08 Å². The van der Waals surface area contributed by atoms with Gasteiger partial charge in [0.25, 0.3) is 0 Å². The molecule has 0 aliphatic rings. The molecule has 0 aliphatic carbocycles. The normalized spacial score (nSPS) is 10.7. The fourth-order valence-corrected chi connectivity index (χ4v) is 2.36. The fraction of sp³-hybridized carbons (Fsp3) is 0. The molecule has 1 rings (SSSR count). The van der Waals surface area contributed by atoms with Crippen LogP contribution in [0.15, 0.2) is 40.5 Å². The van der Waals surface area contributed by atoms with Crippen molar-refractivity contribution < 1.29 is 31.1 Å². The summed E-state index contributed by atoms with van der Waals surface area (Å²) < 4.78 is 2.89. The predicted octanol–water partition coefficient (Wildman–Crippen LogP) is -2.79. The standard InChI is InChI=1S/C9H8IO2/c11-9(12)6-7-10-8-4-2-1-3-5-8/h1-7H,(H,11,12)/q-1/p-1/b7-6-. The van der Waals surface area contributed by atoms with Crippen LogP contribution in [0.1, 0.15) is 0 Å². The molecule has 2 nitrogen and oxygen atoms in total. The summed E-state index contributed by atoms with van der Waals surface area (Å²) in [5.74, 6) is -1.12. The van der Waals surface area contributed by atoms with E-state index >= 15 is 0 Å². The predicted molar refractivity (Wildman–Crippen MR) is 39.3 cm³/mol. The number of carbonyl (C=O) groups is 1. The third kappa shape index (κ3) is 3.52. The fourth-order valence-electron chi connectivity index (χ4n) is 0.643. The Balaban J connectivity index is 2.49. The van der Waals surface area contributed by atoms with Gasteiger partial charge in [-0.05, 0) is 0 Å². The molecule has 0 spiro atoms. The van der Waals surface area contributed by atoms with Gasteiger partial charge in [0.2, 0.25) is 0 Å². The zero-order valence-corrected chi connectivity index (χ0v) is 8.39. The number of rotatable bonds is 3. The molecule has 1 aromatic rings. The van der Waals surface area contributed by atoms with Crippen LogP contribution < -0.4 is 26.3 Å². The molecule has 0 saturated heterocycles. The molecule has 0 heterocycles. The quantitative estimate of drug-likeness (QED) is 0.441. The van der Waals surface area contributed by atoms with Crippen LogP contribution in [-0.2, 0) is 4.79 Å². The van der Waals surface area contributed by atoms with Gasteiger partial charge >= 0.3 is 81.1 Å². The average molecular weight is 274 g/mol. The minimum atomic E-state index is -1.12. The van der Waals surface area contributed by atoms with Crippen molar-refractivity contribution in [2.24, 2.45) is 0 Å². The maximum atomic E-state index is 10.0. The minimum absolute atomic E-state index is 0.308. The van der Waals surface area contributed by atoms with E-state index in [2.05, 4.69) is 0 Å². The van der Waals surface area contributed by atoms with Crippen LogP contribution in [0.5, 0.6) is 0 Å². The van der Waals surface area contributed by atoms with Gasteiger partial charge in [0.15, 0.2) is 0 Å². The second kappa shape index (κ2) is 4.92. The number of carboxylic acid groups (broad SMARTS) is 1. The van der Waals surface area contributed by atoms with E-state index in [4.69, 9.17) is 0 Å². The molecule has 0 amide bonds. The summed E-state index contributed by atoms with van der Waals surface area (Å²) in [5, 5.41) is 10.0. The first-order valence-corrected chi connectivity index (χ1v) is 5.67. The van der Waals surface area contributed by atoms with Crippen molar-refractivity contribution in [3.05, 3.63) is 44.1 Å². The molecular weight excluding hydrogens is 267 g/mol. The first-order valence-electron chi connectivity index (χ1n) is 3.35. The third-order valence-electron chi connectivity index (χ3n) is 1.12. The SMILES string of the molecule is O=C([O-])/C=C\[I-]c1ccccc1. The first kappa shape index (κ1) is 9.25. The monoisotopic (exact) mass is 274 g/mol. The molecule has 1 aromatic carbocycles. The van der Waals surface area contributed by atoms with E-state index in [1.165, 1.54) is 3.57 Å². The Kier molecular flexibility index (Phi) is 3.79. The Labute approximate surface area is 81.2 Å². The first-order chi connectivity index (χ1) is 5.79. The average Bonchev–Trinajstić information content (AvgIpc) is 2.05. The Morgan fingerprint density at radius 3 is 2.58 bits per heavy atom. The van der Waals surface area contributed by atoms with Gasteiger partial charge in [0.05, 0.1) is 0 Å². The van der Waals surface area contributed by atoms with Gasteiger partial charge in [-0.3, -0.25) is 0 Å².